The molecule has 1 saturated heterocycles. The van der Waals surface area contributed by atoms with Crippen molar-refractivity contribution in [2.24, 2.45) is 5.73 Å². The molecule has 1 fully saturated rings. The Balaban J connectivity index is 0.00000242. The van der Waals surface area contributed by atoms with Crippen LogP contribution in [0.2, 0.25) is 0 Å². The Labute approximate surface area is 136 Å². The van der Waals surface area contributed by atoms with Gasteiger partial charge in [0, 0.05) is 31.7 Å². The number of amides is 2. The maximum Gasteiger partial charge on any atom is 0.254 e. The minimum Gasteiger partial charge on any atom is -0.496 e. The van der Waals surface area contributed by atoms with Crippen LogP contribution in [0.25, 0.3) is 0 Å². The summed E-state index contributed by atoms with van der Waals surface area (Å²) in [6, 6.07) is 5.44. The summed E-state index contributed by atoms with van der Waals surface area (Å²) in [5.41, 5.74) is 6.95. The van der Waals surface area contributed by atoms with Gasteiger partial charge in [-0.1, -0.05) is 6.07 Å². The zero-order chi connectivity index (χ0) is 15.4. The lowest BCUT2D eigenvalue weighted by molar-refractivity contribution is -0.131. The van der Waals surface area contributed by atoms with E-state index < -0.39 is 0 Å². The van der Waals surface area contributed by atoms with Gasteiger partial charge in [0.05, 0.1) is 13.7 Å². The molecular weight excluding hydrogens is 306 g/mol. The molecule has 1 heterocycles. The molecule has 1 aliphatic heterocycles. The molecule has 22 heavy (non-hydrogen) atoms. The van der Waals surface area contributed by atoms with Crippen LogP contribution in [0.4, 0.5) is 0 Å². The van der Waals surface area contributed by atoms with E-state index >= 15 is 0 Å². The first-order chi connectivity index (χ1) is 10.1. The van der Waals surface area contributed by atoms with Crippen LogP contribution in [0, 0.1) is 6.92 Å². The molecule has 0 radical (unpaired) electrons. The topological polar surface area (TPSA) is 75.9 Å². The predicted molar refractivity (Wildman–Crippen MR) is 86.5 cm³/mol. The third-order valence-electron chi connectivity index (χ3n) is 3.75. The SMILES string of the molecule is COc1cc(C(=O)N2CCN(C(=O)CN)CC2)ccc1C.Cl. The molecule has 2 rings (SSSR count). The number of piperazine rings is 1. The number of carbonyl (C=O) groups is 2. The number of aryl methyl sites for hydroxylation is 1. The fourth-order valence-electron chi connectivity index (χ4n) is 2.42. The van der Waals surface area contributed by atoms with E-state index in [4.69, 9.17) is 10.5 Å². The smallest absolute Gasteiger partial charge is 0.254 e. The number of carbonyl (C=O) groups excluding carboxylic acids is 2. The van der Waals surface area contributed by atoms with E-state index in [1.165, 1.54) is 0 Å². The van der Waals surface area contributed by atoms with Gasteiger partial charge in [0.1, 0.15) is 5.75 Å². The van der Waals surface area contributed by atoms with Crippen LogP contribution in [-0.4, -0.2) is 61.4 Å². The summed E-state index contributed by atoms with van der Waals surface area (Å²) >= 11 is 0. The van der Waals surface area contributed by atoms with E-state index in [1.807, 2.05) is 13.0 Å². The summed E-state index contributed by atoms with van der Waals surface area (Å²) in [6.07, 6.45) is 0. The molecule has 7 heteroatoms. The van der Waals surface area contributed by atoms with Crippen LogP contribution in [0.5, 0.6) is 5.75 Å². The van der Waals surface area contributed by atoms with E-state index in [-0.39, 0.29) is 30.8 Å². The summed E-state index contributed by atoms with van der Waals surface area (Å²) in [7, 11) is 1.59. The Morgan fingerprint density at radius 2 is 1.77 bits per heavy atom. The fourth-order valence-corrected chi connectivity index (χ4v) is 2.42. The van der Waals surface area contributed by atoms with Crippen LogP contribution < -0.4 is 10.5 Å². The van der Waals surface area contributed by atoms with Gasteiger partial charge < -0.3 is 20.3 Å². The molecule has 1 aromatic carbocycles. The lowest BCUT2D eigenvalue weighted by Gasteiger charge is -2.34. The lowest BCUT2D eigenvalue weighted by Crippen LogP contribution is -2.51. The van der Waals surface area contributed by atoms with Crippen molar-refractivity contribution in [1.29, 1.82) is 0 Å². The number of hydrogen-bond donors (Lipinski definition) is 1. The summed E-state index contributed by atoms with van der Waals surface area (Å²) < 4.78 is 5.25. The molecule has 6 nitrogen and oxygen atoms in total. The Morgan fingerprint density at radius 1 is 1.18 bits per heavy atom. The van der Waals surface area contributed by atoms with Crippen molar-refractivity contribution in [3.8, 4) is 5.75 Å². The van der Waals surface area contributed by atoms with Gasteiger partial charge in [-0.15, -0.1) is 12.4 Å². The Bertz CT molecular complexity index is 543. The van der Waals surface area contributed by atoms with Gasteiger partial charge in [0.15, 0.2) is 0 Å². The lowest BCUT2D eigenvalue weighted by atomic mass is 10.1. The first-order valence-corrected chi connectivity index (χ1v) is 6.98. The molecule has 1 aromatic rings. The second-order valence-electron chi connectivity index (χ2n) is 5.06. The van der Waals surface area contributed by atoms with Crippen LogP contribution >= 0.6 is 12.4 Å². The van der Waals surface area contributed by atoms with Gasteiger partial charge in [0.25, 0.3) is 5.91 Å². The van der Waals surface area contributed by atoms with Crippen molar-refractivity contribution < 1.29 is 14.3 Å². The number of hydrogen-bond acceptors (Lipinski definition) is 4. The second kappa shape index (κ2) is 8.00. The largest absolute Gasteiger partial charge is 0.496 e. The average Bonchev–Trinajstić information content (AvgIpc) is 2.54. The van der Waals surface area contributed by atoms with Gasteiger partial charge >= 0.3 is 0 Å². The summed E-state index contributed by atoms with van der Waals surface area (Å²) in [5.74, 6) is 0.602. The van der Waals surface area contributed by atoms with Crippen LogP contribution in [0.1, 0.15) is 15.9 Å². The van der Waals surface area contributed by atoms with Gasteiger partial charge in [-0.3, -0.25) is 9.59 Å². The molecule has 2 amide bonds. The van der Waals surface area contributed by atoms with Crippen LogP contribution in [0.3, 0.4) is 0 Å². The monoisotopic (exact) mass is 327 g/mol. The Kier molecular flexibility index (Phi) is 6.64. The second-order valence-corrected chi connectivity index (χ2v) is 5.06. The van der Waals surface area contributed by atoms with Gasteiger partial charge in [-0.25, -0.2) is 0 Å². The standard InChI is InChI=1S/C15H21N3O3.ClH/c1-11-3-4-12(9-13(11)21-2)15(20)18-7-5-17(6-8-18)14(19)10-16;/h3-4,9H,5-8,10,16H2,1-2H3;1H. The molecular formula is C15H22ClN3O3. The minimum atomic E-state index is -0.0703. The van der Waals surface area contributed by atoms with Crippen molar-refractivity contribution in [1.82, 2.24) is 9.80 Å². The highest BCUT2D eigenvalue weighted by atomic mass is 35.5. The van der Waals surface area contributed by atoms with Crippen LogP contribution in [-0.2, 0) is 4.79 Å². The number of ether oxygens (including phenoxy) is 1. The number of benzene rings is 1. The highest BCUT2D eigenvalue weighted by Gasteiger charge is 2.24. The fraction of sp³-hybridized carbons (Fsp3) is 0.467. The van der Waals surface area contributed by atoms with Crippen molar-refractivity contribution >= 4 is 24.2 Å². The third-order valence-corrected chi connectivity index (χ3v) is 3.75. The van der Waals surface area contributed by atoms with Crippen molar-refractivity contribution in [3.63, 3.8) is 0 Å². The minimum absolute atomic E-state index is 0. The number of nitrogens with two attached hydrogens (primary N) is 1. The molecule has 122 valence electrons. The normalized spacial score (nSPS) is 14.3. The van der Waals surface area contributed by atoms with Crippen LogP contribution in [0.15, 0.2) is 18.2 Å². The Morgan fingerprint density at radius 3 is 2.32 bits per heavy atom. The molecule has 2 N–H and O–H groups in total. The first-order valence-electron chi connectivity index (χ1n) is 6.98. The van der Waals surface area contributed by atoms with Gasteiger partial charge in [0.2, 0.25) is 5.91 Å². The van der Waals surface area contributed by atoms with E-state index in [9.17, 15) is 9.59 Å². The first kappa shape index (κ1) is 18.3. The molecule has 0 unspecified atom stereocenters. The molecule has 0 spiro atoms. The molecule has 1 aliphatic rings. The zero-order valence-corrected chi connectivity index (χ0v) is 13.7. The number of methoxy groups -OCH3 is 1. The highest BCUT2D eigenvalue weighted by molar-refractivity contribution is 5.95. The van der Waals surface area contributed by atoms with Gasteiger partial charge in [-0.2, -0.15) is 0 Å². The Hall–Kier alpha value is -1.79. The van der Waals surface area contributed by atoms with E-state index in [1.54, 1.807) is 29.0 Å². The molecule has 0 atom stereocenters. The van der Waals surface area contributed by atoms with Crippen molar-refractivity contribution in [3.05, 3.63) is 29.3 Å². The van der Waals surface area contributed by atoms with E-state index in [2.05, 4.69) is 0 Å². The predicted octanol–water partition coefficient (Wildman–Crippen LogP) is 0.669. The average molecular weight is 328 g/mol. The molecule has 0 bridgehead atoms. The van der Waals surface area contributed by atoms with E-state index in [0.717, 1.165) is 5.56 Å². The molecule has 0 aliphatic carbocycles. The van der Waals surface area contributed by atoms with Crippen molar-refractivity contribution in [2.75, 3.05) is 39.8 Å². The molecule has 0 saturated carbocycles. The quantitative estimate of drug-likeness (QED) is 0.885. The highest BCUT2D eigenvalue weighted by Crippen LogP contribution is 2.20. The maximum absolute atomic E-state index is 12.5. The third kappa shape index (κ3) is 3.90. The van der Waals surface area contributed by atoms with E-state index in [0.29, 0.717) is 37.5 Å². The molecule has 0 aromatic heterocycles. The summed E-state index contributed by atoms with van der Waals surface area (Å²) in [4.78, 5) is 27.4. The summed E-state index contributed by atoms with van der Waals surface area (Å²) in [5, 5.41) is 0. The number of nitrogens with zero attached hydrogens (tertiary/aromatic N) is 2. The zero-order valence-electron chi connectivity index (χ0n) is 12.9. The maximum atomic E-state index is 12.5. The van der Waals surface area contributed by atoms with Gasteiger partial charge in [-0.05, 0) is 24.6 Å². The summed E-state index contributed by atoms with van der Waals surface area (Å²) in [6.45, 7) is 4.07. The number of halogens is 1. The van der Waals surface area contributed by atoms with Crippen molar-refractivity contribution in [2.45, 2.75) is 6.92 Å². The number of rotatable bonds is 3.